The van der Waals surface area contributed by atoms with Gasteiger partial charge < -0.3 is 9.84 Å². The summed E-state index contributed by atoms with van der Waals surface area (Å²) in [6, 6.07) is 5.51. The molecule has 1 aromatic rings. The van der Waals surface area contributed by atoms with Gasteiger partial charge in [0.15, 0.2) is 18.7 Å². The molecule has 1 amide bonds. The lowest BCUT2D eigenvalue weighted by Crippen LogP contribution is -2.58. The lowest BCUT2D eigenvalue weighted by atomic mass is 10.4. The molecule has 0 spiro atoms. The van der Waals surface area contributed by atoms with Crippen molar-refractivity contribution in [3.05, 3.63) is 30.6 Å². The Morgan fingerprint density at radius 1 is 1.44 bits per heavy atom. The number of carbonyl (C=O) groups excluding carboxylic acids is 1. The van der Waals surface area contributed by atoms with Crippen LogP contribution in [-0.4, -0.2) is 31.0 Å². The maximum Gasteiger partial charge on any atom is 0.282 e. The number of amides is 1. The fourth-order valence-corrected chi connectivity index (χ4v) is 1.25. The molecule has 0 saturated heterocycles. The number of nitrogens with zero attached hydrogens (tertiary/aromatic N) is 2. The molecular formula is C11H17N2O3+. The third-order valence-corrected chi connectivity index (χ3v) is 2.12. The SMILES string of the molecule is CCOC(O)CC(=O)N(C)[n+]1ccccc1. The zero-order valence-corrected chi connectivity index (χ0v) is 9.54. The van der Waals surface area contributed by atoms with Crippen LogP contribution in [-0.2, 0) is 9.53 Å². The minimum atomic E-state index is -1.04. The van der Waals surface area contributed by atoms with Crippen LogP contribution in [0.5, 0.6) is 0 Å². The van der Waals surface area contributed by atoms with Gasteiger partial charge in [0.25, 0.3) is 5.91 Å². The largest absolute Gasteiger partial charge is 0.367 e. The number of hydrogen-bond acceptors (Lipinski definition) is 3. The van der Waals surface area contributed by atoms with Crippen molar-refractivity contribution in [2.24, 2.45) is 0 Å². The molecular weight excluding hydrogens is 208 g/mol. The molecule has 0 radical (unpaired) electrons. The van der Waals surface area contributed by atoms with Crippen molar-refractivity contribution < 1.29 is 19.3 Å². The average molecular weight is 225 g/mol. The van der Waals surface area contributed by atoms with Crippen molar-refractivity contribution in [3.8, 4) is 0 Å². The van der Waals surface area contributed by atoms with Gasteiger partial charge in [0.05, 0.1) is 13.5 Å². The van der Waals surface area contributed by atoms with E-state index >= 15 is 0 Å². The minimum absolute atomic E-state index is 0.0494. The summed E-state index contributed by atoms with van der Waals surface area (Å²) in [5.74, 6) is -0.211. The highest BCUT2D eigenvalue weighted by Gasteiger charge is 2.20. The van der Waals surface area contributed by atoms with Gasteiger partial charge >= 0.3 is 0 Å². The van der Waals surface area contributed by atoms with Gasteiger partial charge in [0.2, 0.25) is 0 Å². The summed E-state index contributed by atoms with van der Waals surface area (Å²) in [4.78, 5) is 11.7. The molecule has 88 valence electrons. The first-order valence-electron chi connectivity index (χ1n) is 5.18. The Morgan fingerprint density at radius 2 is 2.06 bits per heavy atom. The van der Waals surface area contributed by atoms with Gasteiger partial charge in [0, 0.05) is 18.7 Å². The molecule has 1 N–H and O–H groups in total. The second-order valence-electron chi connectivity index (χ2n) is 3.29. The first kappa shape index (κ1) is 12.6. The molecule has 0 bridgehead atoms. The van der Waals surface area contributed by atoms with Crippen LogP contribution in [0.1, 0.15) is 13.3 Å². The highest BCUT2D eigenvalue weighted by Crippen LogP contribution is 1.95. The summed E-state index contributed by atoms with van der Waals surface area (Å²) < 4.78 is 6.54. The summed E-state index contributed by atoms with van der Waals surface area (Å²) >= 11 is 0. The second-order valence-corrected chi connectivity index (χ2v) is 3.29. The lowest BCUT2D eigenvalue weighted by Gasteiger charge is -2.13. The summed E-state index contributed by atoms with van der Waals surface area (Å²) in [5.41, 5.74) is 0. The van der Waals surface area contributed by atoms with Crippen LogP contribution in [0.15, 0.2) is 30.6 Å². The van der Waals surface area contributed by atoms with Crippen molar-refractivity contribution in [1.82, 2.24) is 0 Å². The zero-order chi connectivity index (χ0) is 12.0. The highest BCUT2D eigenvalue weighted by atomic mass is 16.6. The Bertz CT molecular complexity index is 329. The number of rotatable bonds is 5. The number of pyridine rings is 1. The van der Waals surface area contributed by atoms with E-state index in [1.54, 1.807) is 31.0 Å². The van der Waals surface area contributed by atoms with E-state index < -0.39 is 6.29 Å². The van der Waals surface area contributed by atoms with E-state index in [2.05, 4.69) is 0 Å². The normalized spacial score (nSPS) is 12.2. The van der Waals surface area contributed by atoms with Crippen molar-refractivity contribution in [1.29, 1.82) is 0 Å². The highest BCUT2D eigenvalue weighted by molar-refractivity contribution is 5.83. The Kier molecular flexibility index (Phi) is 4.88. The molecule has 0 aliphatic carbocycles. The maximum atomic E-state index is 11.7. The molecule has 1 heterocycles. The molecule has 1 unspecified atom stereocenters. The average Bonchev–Trinajstić information content (AvgIpc) is 2.29. The van der Waals surface area contributed by atoms with Crippen molar-refractivity contribution >= 4 is 5.91 Å². The minimum Gasteiger partial charge on any atom is -0.367 e. The van der Waals surface area contributed by atoms with E-state index in [-0.39, 0.29) is 12.3 Å². The van der Waals surface area contributed by atoms with Crippen molar-refractivity contribution in [2.45, 2.75) is 19.6 Å². The predicted molar refractivity (Wildman–Crippen MR) is 58.0 cm³/mol. The Balaban J connectivity index is 2.55. The van der Waals surface area contributed by atoms with Gasteiger partial charge in [-0.2, -0.15) is 0 Å². The molecule has 0 aliphatic rings. The fourth-order valence-electron chi connectivity index (χ4n) is 1.25. The number of hydrogen-bond donors (Lipinski definition) is 1. The number of aromatic nitrogens is 1. The number of carbonyl (C=O) groups is 1. The van der Waals surface area contributed by atoms with Gasteiger partial charge in [-0.25, -0.2) is 0 Å². The smallest absolute Gasteiger partial charge is 0.282 e. The summed E-state index contributed by atoms with van der Waals surface area (Å²) in [5, 5.41) is 10.8. The van der Waals surface area contributed by atoms with Gasteiger partial charge in [-0.15, -0.1) is 5.01 Å². The molecule has 5 heteroatoms. The quantitative estimate of drug-likeness (QED) is 0.558. The van der Waals surface area contributed by atoms with E-state index in [0.717, 1.165) is 0 Å². The Labute approximate surface area is 94.8 Å². The third-order valence-electron chi connectivity index (χ3n) is 2.12. The first-order chi connectivity index (χ1) is 7.65. The molecule has 0 saturated carbocycles. The lowest BCUT2D eigenvalue weighted by molar-refractivity contribution is -0.680. The van der Waals surface area contributed by atoms with Crippen molar-refractivity contribution in [3.63, 3.8) is 0 Å². The van der Waals surface area contributed by atoms with Crippen LogP contribution in [0, 0.1) is 0 Å². The summed E-state index contributed by atoms with van der Waals surface area (Å²) in [7, 11) is 1.64. The first-order valence-corrected chi connectivity index (χ1v) is 5.18. The molecule has 1 aromatic heterocycles. The van der Waals surface area contributed by atoms with E-state index in [1.165, 1.54) is 5.01 Å². The Morgan fingerprint density at radius 3 is 2.62 bits per heavy atom. The molecule has 5 nitrogen and oxygen atoms in total. The Hall–Kier alpha value is -1.46. The van der Waals surface area contributed by atoms with Crippen LogP contribution in [0.25, 0.3) is 0 Å². The van der Waals surface area contributed by atoms with Gasteiger partial charge in [0.1, 0.15) is 0 Å². The monoisotopic (exact) mass is 225 g/mol. The molecule has 0 fully saturated rings. The molecule has 16 heavy (non-hydrogen) atoms. The molecule has 0 aromatic carbocycles. The second kappa shape index (κ2) is 6.19. The van der Waals surface area contributed by atoms with Crippen LogP contribution in [0.2, 0.25) is 0 Å². The van der Waals surface area contributed by atoms with E-state index in [9.17, 15) is 9.90 Å². The van der Waals surface area contributed by atoms with Crippen LogP contribution < -0.4 is 9.69 Å². The van der Waals surface area contributed by atoms with Gasteiger partial charge in [-0.3, -0.25) is 4.79 Å². The van der Waals surface area contributed by atoms with Crippen LogP contribution in [0.3, 0.4) is 0 Å². The summed E-state index contributed by atoms with van der Waals surface area (Å²) in [6.07, 6.45) is 2.42. The third kappa shape index (κ3) is 3.60. The molecule has 1 atom stereocenters. The van der Waals surface area contributed by atoms with Crippen LogP contribution >= 0.6 is 0 Å². The van der Waals surface area contributed by atoms with E-state index in [1.807, 2.05) is 18.2 Å². The number of aliphatic hydroxyl groups is 1. The number of ether oxygens (including phenoxy) is 1. The van der Waals surface area contributed by atoms with E-state index in [0.29, 0.717) is 6.61 Å². The molecule has 1 rings (SSSR count). The van der Waals surface area contributed by atoms with E-state index in [4.69, 9.17) is 4.74 Å². The summed E-state index contributed by atoms with van der Waals surface area (Å²) in [6.45, 7) is 2.15. The zero-order valence-electron chi connectivity index (χ0n) is 9.54. The van der Waals surface area contributed by atoms with Crippen LogP contribution in [0.4, 0.5) is 0 Å². The number of aliphatic hydroxyl groups excluding tert-OH is 1. The predicted octanol–water partition coefficient (Wildman–Crippen LogP) is -0.186. The van der Waals surface area contributed by atoms with Gasteiger partial charge in [-0.05, 0) is 6.92 Å². The fraction of sp³-hybridized carbons (Fsp3) is 0.455. The van der Waals surface area contributed by atoms with Gasteiger partial charge in [-0.1, -0.05) is 10.7 Å². The maximum absolute atomic E-state index is 11.7. The topological polar surface area (TPSA) is 53.7 Å². The standard InChI is InChI=1S/C11H17N2O3/c1-3-16-11(15)9-10(14)12(2)13-7-5-4-6-8-13/h4-8,11,15H,3,9H2,1-2H3/q+1. The van der Waals surface area contributed by atoms with Crippen molar-refractivity contribution in [2.75, 3.05) is 18.7 Å². The molecule has 0 aliphatic heterocycles.